The molecule has 96 valence electrons. The van der Waals surface area contributed by atoms with Crippen molar-refractivity contribution in [1.29, 1.82) is 0 Å². The Balaban J connectivity index is 1.91. The van der Waals surface area contributed by atoms with Gasteiger partial charge >= 0.3 is 5.97 Å². The Kier molecular flexibility index (Phi) is 3.57. The number of likely N-dealkylation sites (N-methyl/N-ethyl adjacent to an activating group) is 1. The molecule has 0 aromatic heterocycles. The van der Waals surface area contributed by atoms with Crippen LogP contribution in [0.3, 0.4) is 0 Å². The SMILES string of the molecule is CC(C)COC(=O)C1CC2(CC=CC2)CN1C. The van der Waals surface area contributed by atoms with Gasteiger partial charge in [0.1, 0.15) is 6.04 Å². The molecular formula is C14H23NO2. The van der Waals surface area contributed by atoms with Crippen LogP contribution in [-0.4, -0.2) is 37.1 Å². The van der Waals surface area contributed by atoms with Gasteiger partial charge in [0.15, 0.2) is 0 Å². The van der Waals surface area contributed by atoms with E-state index in [9.17, 15) is 4.79 Å². The van der Waals surface area contributed by atoms with Gasteiger partial charge in [-0.15, -0.1) is 0 Å². The van der Waals surface area contributed by atoms with Crippen molar-refractivity contribution in [2.75, 3.05) is 20.2 Å². The van der Waals surface area contributed by atoms with Crippen LogP contribution in [0, 0.1) is 11.3 Å². The standard InChI is InChI=1S/C14H23NO2/c1-11(2)9-17-13(16)12-8-14(10-15(12)3)6-4-5-7-14/h4-5,11-12H,6-10H2,1-3H3. The summed E-state index contributed by atoms with van der Waals surface area (Å²) in [7, 11) is 2.04. The lowest BCUT2D eigenvalue weighted by Gasteiger charge is -2.21. The molecule has 0 saturated carbocycles. The molecule has 3 heteroatoms. The van der Waals surface area contributed by atoms with E-state index >= 15 is 0 Å². The van der Waals surface area contributed by atoms with E-state index in [0.29, 0.717) is 17.9 Å². The van der Waals surface area contributed by atoms with Gasteiger partial charge in [0.25, 0.3) is 0 Å². The summed E-state index contributed by atoms with van der Waals surface area (Å²) < 4.78 is 5.36. The Bertz CT molecular complexity index is 314. The molecule has 0 radical (unpaired) electrons. The van der Waals surface area contributed by atoms with Crippen molar-refractivity contribution in [2.45, 2.75) is 39.2 Å². The number of rotatable bonds is 3. The fourth-order valence-corrected chi connectivity index (χ4v) is 2.92. The van der Waals surface area contributed by atoms with E-state index < -0.39 is 0 Å². The molecule has 0 aromatic carbocycles. The van der Waals surface area contributed by atoms with Crippen LogP contribution in [-0.2, 0) is 9.53 Å². The number of hydrogen-bond donors (Lipinski definition) is 0. The molecule has 0 N–H and O–H groups in total. The lowest BCUT2D eigenvalue weighted by Crippen LogP contribution is -2.34. The van der Waals surface area contributed by atoms with Gasteiger partial charge in [-0.25, -0.2) is 0 Å². The van der Waals surface area contributed by atoms with Crippen molar-refractivity contribution in [2.24, 2.45) is 11.3 Å². The van der Waals surface area contributed by atoms with E-state index in [1.54, 1.807) is 0 Å². The highest BCUT2D eigenvalue weighted by molar-refractivity contribution is 5.76. The largest absolute Gasteiger partial charge is 0.464 e. The van der Waals surface area contributed by atoms with Crippen molar-refractivity contribution in [3.63, 3.8) is 0 Å². The first kappa shape index (κ1) is 12.6. The molecule has 3 nitrogen and oxygen atoms in total. The predicted molar refractivity (Wildman–Crippen MR) is 67.6 cm³/mol. The molecule has 0 amide bonds. The van der Waals surface area contributed by atoms with Crippen LogP contribution in [0.25, 0.3) is 0 Å². The van der Waals surface area contributed by atoms with Gasteiger partial charge in [0.05, 0.1) is 6.61 Å². The highest BCUT2D eigenvalue weighted by Gasteiger charge is 2.45. The number of carbonyl (C=O) groups excluding carboxylic acids is 1. The third-order valence-electron chi connectivity index (χ3n) is 3.84. The average Bonchev–Trinajstić information content (AvgIpc) is 2.83. The minimum Gasteiger partial charge on any atom is -0.464 e. The Labute approximate surface area is 104 Å². The van der Waals surface area contributed by atoms with Gasteiger partial charge in [-0.1, -0.05) is 26.0 Å². The highest BCUT2D eigenvalue weighted by Crippen LogP contribution is 2.44. The molecule has 1 saturated heterocycles. The second-order valence-corrected chi connectivity index (χ2v) is 6.04. The first-order valence-electron chi connectivity index (χ1n) is 6.54. The van der Waals surface area contributed by atoms with Gasteiger partial charge in [0.2, 0.25) is 0 Å². The van der Waals surface area contributed by atoms with E-state index in [4.69, 9.17) is 4.74 Å². The van der Waals surface area contributed by atoms with Crippen LogP contribution in [0.15, 0.2) is 12.2 Å². The molecular weight excluding hydrogens is 214 g/mol. The smallest absolute Gasteiger partial charge is 0.323 e. The summed E-state index contributed by atoms with van der Waals surface area (Å²) in [5.74, 6) is 0.373. The Morgan fingerprint density at radius 2 is 2.12 bits per heavy atom. The topological polar surface area (TPSA) is 29.5 Å². The summed E-state index contributed by atoms with van der Waals surface area (Å²) in [5.41, 5.74) is 0.316. The number of carbonyl (C=O) groups is 1. The highest BCUT2D eigenvalue weighted by atomic mass is 16.5. The van der Waals surface area contributed by atoms with Crippen LogP contribution in [0.2, 0.25) is 0 Å². The summed E-state index contributed by atoms with van der Waals surface area (Å²) in [6.45, 7) is 5.68. The number of ether oxygens (including phenoxy) is 1. The first-order valence-corrected chi connectivity index (χ1v) is 6.54. The van der Waals surface area contributed by atoms with Gasteiger partial charge in [-0.3, -0.25) is 9.69 Å². The fourth-order valence-electron chi connectivity index (χ4n) is 2.92. The van der Waals surface area contributed by atoms with Crippen LogP contribution in [0.5, 0.6) is 0 Å². The van der Waals surface area contributed by atoms with Crippen LogP contribution in [0.4, 0.5) is 0 Å². The first-order chi connectivity index (χ1) is 8.02. The molecule has 1 fully saturated rings. The molecule has 1 spiro atoms. The maximum Gasteiger partial charge on any atom is 0.323 e. The summed E-state index contributed by atoms with van der Waals surface area (Å²) in [6, 6.07) is -0.0337. The third-order valence-corrected chi connectivity index (χ3v) is 3.84. The monoisotopic (exact) mass is 237 g/mol. The van der Waals surface area contributed by atoms with Gasteiger partial charge < -0.3 is 4.74 Å². The lowest BCUT2D eigenvalue weighted by molar-refractivity contribution is -0.149. The number of likely N-dealkylation sites (tertiary alicyclic amines) is 1. The summed E-state index contributed by atoms with van der Waals surface area (Å²) >= 11 is 0. The third kappa shape index (κ3) is 2.71. The minimum absolute atomic E-state index is 0.0337. The van der Waals surface area contributed by atoms with Gasteiger partial charge in [-0.05, 0) is 37.6 Å². The van der Waals surface area contributed by atoms with Crippen molar-refractivity contribution in [1.82, 2.24) is 4.90 Å². The van der Waals surface area contributed by atoms with Crippen molar-refractivity contribution < 1.29 is 9.53 Å². The van der Waals surface area contributed by atoms with E-state index in [0.717, 1.165) is 25.8 Å². The zero-order valence-electron chi connectivity index (χ0n) is 11.1. The van der Waals surface area contributed by atoms with E-state index in [-0.39, 0.29) is 12.0 Å². The minimum atomic E-state index is -0.0371. The quantitative estimate of drug-likeness (QED) is 0.557. The summed E-state index contributed by atoms with van der Waals surface area (Å²) in [5, 5.41) is 0. The molecule has 1 atom stereocenters. The lowest BCUT2D eigenvalue weighted by atomic mass is 9.83. The normalized spacial score (nSPS) is 27.2. The maximum absolute atomic E-state index is 12.0. The van der Waals surface area contributed by atoms with Crippen molar-refractivity contribution in [3.05, 3.63) is 12.2 Å². The molecule has 1 unspecified atom stereocenters. The van der Waals surface area contributed by atoms with Gasteiger partial charge in [0, 0.05) is 6.54 Å². The zero-order chi connectivity index (χ0) is 12.5. The van der Waals surface area contributed by atoms with Crippen LogP contribution >= 0.6 is 0 Å². The number of hydrogen-bond acceptors (Lipinski definition) is 3. The Morgan fingerprint density at radius 1 is 1.47 bits per heavy atom. The number of allylic oxidation sites excluding steroid dienone is 2. The molecule has 1 aliphatic heterocycles. The van der Waals surface area contributed by atoms with E-state index in [1.165, 1.54) is 0 Å². The van der Waals surface area contributed by atoms with Crippen LogP contribution in [0.1, 0.15) is 33.1 Å². The van der Waals surface area contributed by atoms with Crippen LogP contribution < -0.4 is 0 Å². The summed E-state index contributed by atoms with van der Waals surface area (Å²) in [4.78, 5) is 14.2. The molecule has 1 aliphatic carbocycles. The van der Waals surface area contributed by atoms with Gasteiger partial charge in [-0.2, -0.15) is 0 Å². The average molecular weight is 237 g/mol. The molecule has 2 rings (SSSR count). The molecule has 0 aromatic rings. The van der Waals surface area contributed by atoms with Crippen molar-refractivity contribution in [3.8, 4) is 0 Å². The predicted octanol–water partition coefficient (Wildman–Crippen LogP) is 2.23. The molecule has 1 heterocycles. The maximum atomic E-state index is 12.0. The summed E-state index contributed by atoms with van der Waals surface area (Å²) in [6.07, 6.45) is 7.68. The number of esters is 1. The number of nitrogens with zero attached hydrogens (tertiary/aromatic N) is 1. The molecule has 0 bridgehead atoms. The van der Waals surface area contributed by atoms with E-state index in [1.807, 2.05) is 7.05 Å². The Morgan fingerprint density at radius 3 is 2.71 bits per heavy atom. The molecule has 2 aliphatic rings. The second-order valence-electron chi connectivity index (χ2n) is 6.04. The van der Waals surface area contributed by atoms with Crippen molar-refractivity contribution >= 4 is 5.97 Å². The van der Waals surface area contributed by atoms with E-state index in [2.05, 4.69) is 30.9 Å². The zero-order valence-corrected chi connectivity index (χ0v) is 11.1. The Hall–Kier alpha value is -0.830. The fraction of sp³-hybridized carbons (Fsp3) is 0.786. The second kappa shape index (κ2) is 4.81. The molecule has 17 heavy (non-hydrogen) atoms.